The largest absolute Gasteiger partial charge is 0.573 e. The van der Waals surface area contributed by atoms with Crippen LogP contribution in [0.15, 0.2) is 219 Å². The summed E-state index contributed by atoms with van der Waals surface area (Å²) in [5.74, 6) is -0.388. The van der Waals surface area contributed by atoms with Crippen LogP contribution in [0.3, 0.4) is 0 Å². The third kappa shape index (κ3) is 97.9. The van der Waals surface area contributed by atoms with Gasteiger partial charge in [-0.2, -0.15) is 0 Å². The number of halogens is 9. The maximum Gasteiger partial charge on any atom is 0.573 e. The van der Waals surface area contributed by atoms with Gasteiger partial charge in [-0.3, -0.25) is 45.1 Å². The second-order valence-corrected chi connectivity index (χ2v) is 29.7. The van der Waals surface area contributed by atoms with E-state index in [1.807, 2.05) is 101 Å². The molecule has 0 atom stereocenters. The number of carbonyl (C=O) groups is 1. The Morgan fingerprint density at radius 3 is 1.02 bits per heavy atom. The number of nitro benzene ring substituents is 3. The molecule has 0 spiro atoms. The molecule has 0 aliphatic heterocycles. The Kier molecular flexibility index (Phi) is 89.8. The number of para-hydroxylation sites is 2. The van der Waals surface area contributed by atoms with Gasteiger partial charge in [0, 0.05) is 65.7 Å². The number of aryl methyl sites for hydroxylation is 9. The summed E-state index contributed by atoms with van der Waals surface area (Å²) >= 11 is 0. The lowest BCUT2D eigenvalue weighted by Gasteiger charge is -2.10. The monoisotopic (exact) mass is 1820 g/mol. The fourth-order valence-electron chi connectivity index (χ4n) is 9.04. The summed E-state index contributed by atoms with van der Waals surface area (Å²) in [4.78, 5) is 50.1. The van der Waals surface area contributed by atoms with Crippen LogP contribution in [0.4, 0.5) is 56.6 Å². The molecule has 0 fully saturated rings. The predicted molar refractivity (Wildman–Crippen MR) is 520 cm³/mol. The van der Waals surface area contributed by atoms with Gasteiger partial charge in [0.05, 0.1) is 14.8 Å². The van der Waals surface area contributed by atoms with Crippen LogP contribution in [0.1, 0.15) is 299 Å². The average molecular weight is 1820 g/mol. The Labute approximate surface area is 769 Å². The Morgan fingerprint density at radius 1 is 0.349 bits per heavy atom. The summed E-state index contributed by atoms with van der Waals surface area (Å²) in [6.45, 7) is 47.9. The van der Waals surface area contributed by atoms with E-state index >= 15 is 0 Å². The predicted octanol–water partition coefficient (Wildman–Crippen LogP) is 34.7. The standard InChI is InChI=1S/C9H10O.3C8H7F3O.C8H18.3C7H7NO2.C7H16.2C6H7N.C6H14.C5H13N.C5H12.C4H10.C3H8/c1-7-3-5-9(6-4-7)8(2)10;1-6-2-4-7(5-3-6)12-8(9,10)11;1-6-3-2-4-7(5-6)12-8(9,10)11;1-6-4-2-3-5-7(6)12-8(9,10)11;1-3-5-7-8-6-4-2;1-6-2-4-7(5-3-6)8(9)10;1-6-3-2-4-7(5-6)8(9)10;1-6-4-2-3-5-7(6)8(9)10;1-3-5-7-6-4-2;1-6-3-2-4-7-5-6;1-6-4-2-3-5-7-6;1-3-5-6-4-2;1-4-5-6(2)3;1-3-5-4-2;1-3-4-2;1-3-2/h3-6H,1-2H3;3*2-5H,1H3;3-8H2,1-2H3;3*2-5H,1H3;3-7H2,1-2H3;2*2-5H,1H3;3-6H2,1-2H3;4-5H2,1-3H3;3-5H2,1-2H3;3-4H2,1-2H3;3H2,1-2H3. The molecule has 7 aromatic carbocycles. The molecule has 0 amide bonds. The van der Waals surface area contributed by atoms with E-state index in [0.717, 1.165) is 33.5 Å². The molecule has 0 aliphatic carbocycles. The molecule has 0 radical (unpaired) electrons. The third-order valence-corrected chi connectivity index (χ3v) is 16.1. The van der Waals surface area contributed by atoms with Crippen molar-refractivity contribution in [1.82, 2.24) is 14.9 Å². The van der Waals surface area contributed by atoms with Gasteiger partial charge >= 0.3 is 19.1 Å². The number of nitro groups is 3. The first-order valence-electron chi connectivity index (χ1n) is 44.8. The number of hydrogen-bond acceptors (Lipinski definition) is 13. The highest BCUT2D eigenvalue weighted by atomic mass is 19.4. The molecular weight excluding hydrogens is 1660 g/mol. The fraction of sp³-hybridized carbons (Fsp3) is 0.490. The summed E-state index contributed by atoms with van der Waals surface area (Å²) in [7, 11) is 4.17. The van der Waals surface area contributed by atoms with Gasteiger partial charge in [-0.05, 0) is 167 Å². The fourth-order valence-corrected chi connectivity index (χ4v) is 9.04. The van der Waals surface area contributed by atoms with E-state index < -0.39 is 28.9 Å². The van der Waals surface area contributed by atoms with E-state index in [1.165, 1.54) is 226 Å². The summed E-state index contributed by atoms with van der Waals surface area (Å²) < 4.78 is 116. The first-order chi connectivity index (χ1) is 60.8. The van der Waals surface area contributed by atoms with Gasteiger partial charge in [-0.1, -0.05) is 363 Å². The van der Waals surface area contributed by atoms with Crippen LogP contribution in [0.5, 0.6) is 17.2 Å². The van der Waals surface area contributed by atoms with Crippen molar-refractivity contribution in [3.05, 3.63) is 305 Å². The quantitative estimate of drug-likeness (QED) is 0.0182. The molecule has 0 saturated carbocycles. The SMILES string of the molecule is CC(=O)c1ccc(C)cc1.CCC.CCCC.CCCCC.CCCCCC.CCCCCCC.CCCCCCCC.CCCN(C)C.Cc1ccc(OC(F)(F)F)cc1.Cc1ccc([N+](=O)[O-])cc1.Cc1cccc(OC(F)(F)F)c1.Cc1cccc([N+](=O)[O-])c1.Cc1ccccc1OC(F)(F)F.Cc1ccccc1[N+](=O)[O-].Cc1ccccn1.Cc1cccnc1. The summed E-state index contributed by atoms with van der Waals surface area (Å²) in [6, 6.07) is 54.4. The molecular formula is C104H157F9N6O10. The minimum atomic E-state index is -4.61. The number of nitrogens with zero attached hydrogens (tertiary/aromatic N) is 6. The molecule has 25 heteroatoms. The van der Waals surface area contributed by atoms with Crippen molar-refractivity contribution in [2.45, 2.75) is 320 Å². The lowest BCUT2D eigenvalue weighted by Crippen LogP contribution is -2.17. The highest BCUT2D eigenvalue weighted by Crippen LogP contribution is 2.27. The molecule has 0 bridgehead atoms. The van der Waals surface area contributed by atoms with Crippen LogP contribution < -0.4 is 14.2 Å². The van der Waals surface area contributed by atoms with Crippen molar-refractivity contribution < 1.29 is 73.3 Å². The van der Waals surface area contributed by atoms with Crippen LogP contribution in [-0.2, 0) is 0 Å². The Bertz CT molecular complexity index is 3940. The van der Waals surface area contributed by atoms with E-state index in [9.17, 15) is 74.7 Å². The van der Waals surface area contributed by atoms with E-state index in [2.05, 4.69) is 133 Å². The number of Topliss-reactive ketones (excluding diaryl/α,β-unsaturated/α-hetero) is 1. The highest BCUT2D eigenvalue weighted by molar-refractivity contribution is 5.94. The molecule has 129 heavy (non-hydrogen) atoms. The number of ketones is 1. The number of pyridine rings is 2. The minimum absolute atomic E-state index is 0.125. The van der Waals surface area contributed by atoms with Crippen molar-refractivity contribution in [2.24, 2.45) is 0 Å². The number of unbranched alkanes of at least 4 members (excludes halogenated alkanes) is 15. The molecule has 16 nitrogen and oxygen atoms in total. The molecule has 0 saturated heterocycles. The van der Waals surface area contributed by atoms with Crippen molar-refractivity contribution >= 4 is 22.8 Å². The molecule has 0 aliphatic rings. The summed E-state index contributed by atoms with van der Waals surface area (Å²) in [5, 5.41) is 30.5. The summed E-state index contributed by atoms with van der Waals surface area (Å²) in [5.41, 5.74) is 9.47. The first kappa shape index (κ1) is 132. The number of ether oxygens (including phenoxy) is 3. The molecule has 2 aromatic heterocycles. The van der Waals surface area contributed by atoms with Crippen molar-refractivity contribution in [1.29, 1.82) is 0 Å². The number of aromatic nitrogens is 2. The maximum absolute atomic E-state index is 11.7. The second-order valence-electron chi connectivity index (χ2n) is 29.7. The zero-order chi connectivity index (χ0) is 99.9. The Hall–Kier alpha value is -10.6. The second kappa shape index (κ2) is 88.1. The number of hydrogen-bond donors (Lipinski definition) is 0. The highest BCUT2D eigenvalue weighted by Gasteiger charge is 2.32. The van der Waals surface area contributed by atoms with Gasteiger partial charge in [0.1, 0.15) is 17.2 Å². The zero-order valence-electron chi connectivity index (χ0n) is 82.2. The van der Waals surface area contributed by atoms with Crippen molar-refractivity contribution in [3.8, 4) is 17.2 Å². The number of non-ortho nitro benzene ring substituents is 2. The molecule has 9 aromatic rings. The smallest absolute Gasteiger partial charge is 0.406 e. The molecule has 726 valence electrons. The van der Waals surface area contributed by atoms with Gasteiger partial charge in [0.25, 0.3) is 17.1 Å². The van der Waals surface area contributed by atoms with Crippen LogP contribution in [0.25, 0.3) is 0 Å². The van der Waals surface area contributed by atoms with Gasteiger partial charge in [0.15, 0.2) is 5.78 Å². The van der Waals surface area contributed by atoms with Crippen molar-refractivity contribution in [3.63, 3.8) is 0 Å². The summed E-state index contributed by atoms with van der Waals surface area (Å²) in [6.07, 6.45) is 21.8. The van der Waals surface area contributed by atoms with Gasteiger partial charge in [-0.25, -0.2) is 0 Å². The minimum Gasteiger partial charge on any atom is -0.406 e. The third-order valence-electron chi connectivity index (χ3n) is 16.1. The molecule has 2 heterocycles. The number of rotatable bonds is 24. The topological polar surface area (TPSA) is 203 Å². The molecule has 0 N–H and O–H groups in total. The van der Waals surface area contributed by atoms with Crippen LogP contribution >= 0.6 is 0 Å². The van der Waals surface area contributed by atoms with Crippen LogP contribution in [0, 0.1) is 92.7 Å². The van der Waals surface area contributed by atoms with Crippen molar-refractivity contribution in [2.75, 3.05) is 20.6 Å². The lowest BCUT2D eigenvalue weighted by molar-refractivity contribution is -0.385. The Balaban J connectivity index is -0.000000249. The molecule has 9 rings (SSSR count). The molecule has 0 unspecified atom stereocenters. The van der Waals surface area contributed by atoms with E-state index in [-0.39, 0.29) is 45.0 Å². The van der Waals surface area contributed by atoms with E-state index in [1.54, 1.807) is 120 Å². The normalized spacial score (nSPS) is 9.70. The average Bonchev–Trinajstić information content (AvgIpc) is 0.898. The van der Waals surface area contributed by atoms with Crippen LogP contribution in [0.2, 0.25) is 0 Å². The lowest BCUT2D eigenvalue weighted by atomic mass is 10.1. The Morgan fingerprint density at radius 2 is 0.729 bits per heavy atom. The number of alkyl halides is 9. The zero-order valence-corrected chi connectivity index (χ0v) is 82.2. The number of benzene rings is 7. The first-order valence-corrected chi connectivity index (χ1v) is 44.8. The van der Waals surface area contributed by atoms with E-state index in [0.29, 0.717) is 11.1 Å². The maximum atomic E-state index is 11.7. The van der Waals surface area contributed by atoms with Gasteiger partial charge in [0.2, 0.25) is 0 Å². The van der Waals surface area contributed by atoms with E-state index in [4.69, 9.17) is 0 Å². The van der Waals surface area contributed by atoms with Crippen LogP contribution in [-0.4, -0.2) is 75.1 Å². The van der Waals surface area contributed by atoms with Gasteiger partial charge in [-0.15, -0.1) is 39.5 Å². The number of carbonyl (C=O) groups excluding carboxylic acids is 1. The van der Waals surface area contributed by atoms with Gasteiger partial charge < -0.3 is 19.1 Å².